The smallest absolute Gasteiger partial charge is 0.302 e. The molecular weight excluding hydrogens is 420 g/mol. The molecule has 0 aliphatic heterocycles. The second kappa shape index (κ2) is 8.93. The maximum atomic E-state index is 14.2. The first-order valence-electron chi connectivity index (χ1n) is 13.9. The summed E-state index contributed by atoms with van der Waals surface area (Å²) in [6, 6.07) is 0. The first-order valence-corrected chi connectivity index (χ1v) is 13.9. The number of carbonyl (C=O) groups is 2. The van der Waals surface area contributed by atoms with Gasteiger partial charge in [-0.25, -0.2) is 0 Å². The number of hydrogen-bond donors (Lipinski definition) is 0. The van der Waals surface area contributed by atoms with Crippen LogP contribution in [0, 0.1) is 51.8 Å². The number of ether oxygens (including phenoxy) is 1. The largest absolute Gasteiger partial charge is 0.463 e. The maximum Gasteiger partial charge on any atom is 0.302 e. The van der Waals surface area contributed by atoms with Crippen LogP contribution in [0.1, 0.15) is 100 Å². The SMILES string of the molecule is CC(=O)O[C@@H]1CC[C@]2(C)[C@@H](CC=C3[C@@H]4CC[C@@H]([C@H](C)/C=C/[C@H](C)C(C)C)[C@@]4(C)CC(=O)[C@@]32C)C1. The summed E-state index contributed by atoms with van der Waals surface area (Å²) in [6.45, 7) is 17.9. The van der Waals surface area contributed by atoms with E-state index in [-0.39, 0.29) is 28.3 Å². The van der Waals surface area contributed by atoms with Crippen LogP contribution in [0.3, 0.4) is 0 Å². The van der Waals surface area contributed by atoms with Crippen LogP contribution in [0.5, 0.6) is 0 Å². The van der Waals surface area contributed by atoms with Gasteiger partial charge in [-0.2, -0.15) is 0 Å². The fraction of sp³-hybridized carbons (Fsp3) is 0.806. The van der Waals surface area contributed by atoms with Crippen LogP contribution in [0.25, 0.3) is 0 Å². The first-order chi connectivity index (χ1) is 15.8. The van der Waals surface area contributed by atoms with E-state index in [2.05, 4.69) is 66.7 Å². The highest BCUT2D eigenvalue weighted by molar-refractivity contribution is 5.91. The van der Waals surface area contributed by atoms with E-state index in [0.29, 0.717) is 47.7 Å². The van der Waals surface area contributed by atoms with E-state index < -0.39 is 0 Å². The van der Waals surface area contributed by atoms with Crippen molar-refractivity contribution in [2.24, 2.45) is 51.8 Å². The van der Waals surface area contributed by atoms with Crippen LogP contribution < -0.4 is 0 Å². The predicted octanol–water partition coefficient (Wildman–Crippen LogP) is 7.55. The fourth-order valence-corrected chi connectivity index (χ4v) is 8.61. The molecule has 3 fully saturated rings. The Morgan fingerprint density at radius 1 is 1.09 bits per heavy atom. The van der Waals surface area contributed by atoms with Gasteiger partial charge in [0.05, 0.1) is 5.41 Å². The van der Waals surface area contributed by atoms with Crippen LogP contribution in [-0.4, -0.2) is 17.9 Å². The lowest BCUT2D eigenvalue weighted by Crippen LogP contribution is -2.60. The minimum Gasteiger partial charge on any atom is -0.463 e. The molecule has 0 radical (unpaired) electrons. The van der Waals surface area contributed by atoms with E-state index in [0.717, 1.165) is 25.7 Å². The molecule has 4 aliphatic carbocycles. The van der Waals surface area contributed by atoms with Gasteiger partial charge in [0, 0.05) is 13.3 Å². The lowest BCUT2D eigenvalue weighted by Gasteiger charge is -2.62. The number of Topliss-reactive ketones (excluding diaryl/α,β-unsaturated/α-hetero) is 1. The van der Waals surface area contributed by atoms with E-state index in [4.69, 9.17) is 4.74 Å². The summed E-state index contributed by atoms with van der Waals surface area (Å²) in [7, 11) is 0. The highest BCUT2D eigenvalue weighted by Gasteiger charge is 2.66. The van der Waals surface area contributed by atoms with E-state index in [1.165, 1.54) is 25.3 Å². The average Bonchev–Trinajstić information content (AvgIpc) is 3.09. The monoisotopic (exact) mass is 468 g/mol. The highest BCUT2D eigenvalue weighted by Crippen LogP contribution is 2.70. The van der Waals surface area contributed by atoms with Gasteiger partial charge in [0.25, 0.3) is 0 Å². The lowest BCUT2D eigenvalue weighted by atomic mass is 9.41. The topological polar surface area (TPSA) is 43.4 Å². The zero-order chi connectivity index (χ0) is 25.1. The number of allylic oxidation sites excluding steroid dienone is 4. The molecule has 3 heteroatoms. The van der Waals surface area contributed by atoms with Crippen molar-refractivity contribution in [1.29, 1.82) is 0 Å². The summed E-state index contributed by atoms with van der Waals surface area (Å²) in [5.74, 6) is 3.52. The van der Waals surface area contributed by atoms with Gasteiger partial charge in [-0.15, -0.1) is 0 Å². The molecule has 0 aromatic heterocycles. The Kier molecular flexibility index (Phi) is 6.75. The standard InChI is InChI=1S/C31H48O3/c1-19(2)20(3)9-10-21(4)25-13-14-26-27-12-11-23-17-24(34-22(5)32)15-16-30(23,7)31(27,8)28(33)18-29(25,26)6/h9-10,12,19-21,23-26H,11,13-18H2,1-8H3/b10-9+/t20-,21+,23-,24+,25-,26-,29+,30+,31+/m0/s1. The molecule has 190 valence electrons. The van der Waals surface area contributed by atoms with E-state index >= 15 is 0 Å². The van der Waals surface area contributed by atoms with E-state index in [9.17, 15) is 9.59 Å². The number of rotatable bonds is 5. The molecule has 0 aromatic rings. The molecule has 0 amide bonds. The highest BCUT2D eigenvalue weighted by atomic mass is 16.5. The number of fused-ring (bicyclic) bond motifs is 5. The third-order valence-corrected chi connectivity index (χ3v) is 11.4. The summed E-state index contributed by atoms with van der Waals surface area (Å²) in [4.78, 5) is 25.8. The van der Waals surface area contributed by atoms with E-state index in [1.807, 2.05) is 0 Å². The van der Waals surface area contributed by atoms with E-state index in [1.54, 1.807) is 0 Å². The molecule has 4 rings (SSSR count). The molecule has 3 nitrogen and oxygen atoms in total. The number of esters is 1. The molecular formula is C31H48O3. The molecule has 0 saturated heterocycles. The van der Waals surface area contributed by atoms with Crippen molar-refractivity contribution in [3.05, 3.63) is 23.8 Å². The van der Waals surface area contributed by atoms with Crippen LogP contribution >= 0.6 is 0 Å². The summed E-state index contributed by atoms with van der Waals surface area (Å²) >= 11 is 0. The molecule has 0 bridgehead atoms. The number of carbonyl (C=O) groups excluding carboxylic acids is 2. The maximum absolute atomic E-state index is 14.2. The predicted molar refractivity (Wildman–Crippen MR) is 138 cm³/mol. The van der Waals surface area contributed by atoms with Crippen molar-refractivity contribution in [3.8, 4) is 0 Å². The molecule has 9 atom stereocenters. The quantitative estimate of drug-likeness (QED) is 0.309. The van der Waals surface area contributed by atoms with Crippen LogP contribution in [0.2, 0.25) is 0 Å². The van der Waals surface area contributed by atoms with Crippen molar-refractivity contribution < 1.29 is 14.3 Å². The fourth-order valence-electron chi connectivity index (χ4n) is 8.61. The van der Waals surface area contributed by atoms with Crippen molar-refractivity contribution in [3.63, 3.8) is 0 Å². The molecule has 34 heavy (non-hydrogen) atoms. The Morgan fingerprint density at radius 3 is 2.44 bits per heavy atom. The Bertz CT molecular complexity index is 883. The zero-order valence-electron chi connectivity index (χ0n) is 22.9. The summed E-state index contributed by atoms with van der Waals surface area (Å²) in [5.41, 5.74) is 1.11. The minimum atomic E-state index is -0.374. The van der Waals surface area contributed by atoms with Crippen molar-refractivity contribution in [2.75, 3.05) is 0 Å². The first kappa shape index (κ1) is 25.7. The average molecular weight is 469 g/mol. The molecule has 0 unspecified atom stereocenters. The number of hydrogen-bond acceptors (Lipinski definition) is 3. The van der Waals surface area contributed by atoms with Gasteiger partial charge < -0.3 is 4.74 Å². The van der Waals surface area contributed by atoms with Gasteiger partial charge in [0.15, 0.2) is 0 Å². The molecule has 4 aliphatic rings. The zero-order valence-corrected chi connectivity index (χ0v) is 22.9. The molecule has 0 N–H and O–H groups in total. The molecule has 0 spiro atoms. The summed E-state index contributed by atoms with van der Waals surface area (Å²) in [5, 5.41) is 0. The van der Waals surface area contributed by atoms with Gasteiger partial charge in [-0.1, -0.05) is 65.3 Å². The van der Waals surface area contributed by atoms with Crippen LogP contribution in [0.15, 0.2) is 23.8 Å². The molecule has 3 saturated carbocycles. The molecule has 0 heterocycles. The van der Waals surface area contributed by atoms with Gasteiger partial charge in [-0.3, -0.25) is 9.59 Å². The van der Waals surface area contributed by atoms with Gasteiger partial charge in [0.1, 0.15) is 11.9 Å². The van der Waals surface area contributed by atoms with Gasteiger partial charge in [-0.05, 0) is 91.8 Å². The molecule has 0 aromatic carbocycles. The third kappa shape index (κ3) is 3.84. The van der Waals surface area contributed by atoms with Gasteiger partial charge in [0.2, 0.25) is 0 Å². The normalized spacial score (nSPS) is 43.7. The number of ketones is 1. The Morgan fingerprint density at radius 2 is 1.79 bits per heavy atom. The third-order valence-electron chi connectivity index (χ3n) is 11.4. The van der Waals surface area contributed by atoms with Gasteiger partial charge >= 0.3 is 5.97 Å². The minimum absolute atomic E-state index is 0.00909. The summed E-state index contributed by atoms with van der Waals surface area (Å²) in [6.07, 6.45) is 14.2. The summed E-state index contributed by atoms with van der Waals surface area (Å²) < 4.78 is 5.61. The van der Waals surface area contributed by atoms with Crippen molar-refractivity contribution in [2.45, 2.75) is 106 Å². The van der Waals surface area contributed by atoms with Crippen molar-refractivity contribution >= 4 is 11.8 Å². The Hall–Kier alpha value is -1.38. The van der Waals surface area contributed by atoms with Crippen LogP contribution in [0.4, 0.5) is 0 Å². The van der Waals surface area contributed by atoms with Crippen LogP contribution in [-0.2, 0) is 14.3 Å². The second-order valence-corrected chi connectivity index (χ2v) is 13.3. The second-order valence-electron chi connectivity index (χ2n) is 13.3. The van der Waals surface area contributed by atoms with Crippen molar-refractivity contribution in [1.82, 2.24) is 0 Å². The Labute approximate surface area is 208 Å². The Balaban J connectivity index is 1.61. The lowest BCUT2D eigenvalue weighted by molar-refractivity contribution is -0.161.